The number of rotatable bonds is 3. The fourth-order valence-electron chi connectivity index (χ4n) is 5.50. The molecule has 1 aliphatic heterocycles. The molecule has 1 atom stereocenters. The zero-order valence-electron chi connectivity index (χ0n) is 23.5. The minimum absolute atomic E-state index is 0.0178. The third-order valence-corrected chi connectivity index (χ3v) is 7.64. The maximum Gasteiger partial charge on any atom is 0.272 e. The van der Waals surface area contributed by atoms with E-state index in [9.17, 15) is 19.2 Å². The number of carbonyl (C=O) groups is 4. The predicted octanol–water partition coefficient (Wildman–Crippen LogP) is 1.89. The monoisotopic (exact) mass is 536 g/mol. The van der Waals surface area contributed by atoms with E-state index in [0.29, 0.717) is 50.2 Å². The molecule has 0 saturated carbocycles. The van der Waals surface area contributed by atoms with Crippen LogP contribution in [-0.4, -0.2) is 93.9 Å². The number of amides is 4. The average molecular weight is 537 g/mol. The van der Waals surface area contributed by atoms with Crippen molar-refractivity contribution in [3.05, 3.63) is 52.8 Å². The third kappa shape index (κ3) is 6.66. The molecule has 10 heteroatoms. The number of nitrogens with one attached hydrogen (secondary N) is 1. The number of fused-ring (bicyclic) bond motifs is 1. The van der Waals surface area contributed by atoms with E-state index in [-0.39, 0.29) is 55.1 Å². The van der Waals surface area contributed by atoms with E-state index in [0.717, 1.165) is 17.7 Å². The van der Waals surface area contributed by atoms with Crippen molar-refractivity contribution in [1.29, 1.82) is 0 Å². The molecule has 2 heterocycles. The van der Waals surface area contributed by atoms with Gasteiger partial charge in [-0.2, -0.15) is 5.10 Å². The van der Waals surface area contributed by atoms with Gasteiger partial charge in [-0.3, -0.25) is 23.9 Å². The summed E-state index contributed by atoms with van der Waals surface area (Å²) in [6.07, 6.45) is 2.70. The van der Waals surface area contributed by atoms with E-state index in [1.165, 1.54) is 0 Å². The fourth-order valence-corrected chi connectivity index (χ4v) is 5.50. The molecule has 39 heavy (non-hydrogen) atoms. The number of aromatic nitrogens is 2. The van der Waals surface area contributed by atoms with Gasteiger partial charge in [0.15, 0.2) is 5.69 Å². The Bertz CT molecular complexity index is 1210. The molecule has 1 unspecified atom stereocenters. The highest BCUT2D eigenvalue weighted by Crippen LogP contribution is 2.27. The fraction of sp³-hybridized carbons (Fsp3) is 0.552. The van der Waals surface area contributed by atoms with Crippen molar-refractivity contribution in [2.45, 2.75) is 52.0 Å². The molecular formula is C29H40N6O4. The normalized spacial score (nSPS) is 19.8. The van der Waals surface area contributed by atoms with E-state index < -0.39 is 0 Å². The van der Waals surface area contributed by atoms with Crippen molar-refractivity contribution in [1.82, 2.24) is 29.8 Å². The minimum Gasteiger partial charge on any atom is -0.349 e. The van der Waals surface area contributed by atoms with Gasteiger partial charge in [-0.1, -0.05) is 32.0 Å². The van der Waals surface area contributed by atoms with Gasteiger partial charge in [0.2, 0.25) is 11.8 Å². The molecule has 0 saturated heterocycles. The van der Waals surface area contributed by atoms with Gasteiger partial charge in [0, 0.05) is 69.6 Å². The second-order valence-corrected chi connectivity index (χ2v) is 11.0. The third-order valence-electron chi connectivity index (χ3n) is 7.64. The Labute approximate surface area is 230 Å². The Hall–Kier alpha value is -3.69. The first-order chi connectivity index (χ1) is 18.7. The van der Waals surface area contributed by atoms with Gasteiger partial charge in [-0.25, -0.2) is 0 Å². The van der Waals surface area contributed by atoms with Gasteiger partial charge in [0.05, 0.1) is 6.54 Å². The van der Waals surface area contributed by atoms with Gasteiger partial charge in [-0.15, -0.1) is 0 Å². The summed E-state index contributed by atoms with van der Waals surface area (Å²) >= 11 is 0. The van der Waals surface area contributed by atoms with Crippen LogP contribution in [0.3, 0.4) is 0 Å². The number of hydrogen-bond acceptors (Lipinski definition) is 5. The zero-order valence-corrected chi connectivity index (χ0v) is 23.5. The summed E-state index contributed by atoms with van der Waals surface area (Å²) in [5.41, 5.74) is 2.80. The molecule has 1 N–H and O–H groups in total. The second kappa shape index (κ2) is 12.4. The molecule has 1 aromatic heterocycles. The highest BCUT2D eigenvalue weighted by atomic mass is 16.2. The minimum atomic E-state index is -0.281. The van der Waals surface area contributed by atoms with Crippen LogP contribution >= 0.6 is 0 Å². The lowest BCUT2D eigenvalue weighted by atomic mass is 9.90. The highest BCUT2D eigenvalue weighted by Gasteiger charge is 2.32. The van der Waals surface area contributed by atoms with E-state index in [1.807, 2.05) is 39.1 Å². The summed E-state index contributed by atoms with van der Waals surface area (Å²) in [5, 5.41) is 7.46. The largest absolute Gasteiger partial charge is 0.349 e. The summed E-state index contributed by atoms with van der Waals surface area (Å²) < 4.78 is 1.76. The molecule has 1 aromatic carbocycles. The number of hydrogen-bond donors (Lipinski definition) is 1. The molecule has 10 nitrogen and oxygen atoms in total. The van der Waals surface area contributed by atoms with Crippen LogP contribution in [0.2, 0.25) is 0 Å². The van der Waals surface area contributed by atoms with Gasteiger partial charge in [0.25, 0.3) is 11.8 Å². The van der Waals surface area contributed by atoms with Crippen LogP contribution in [0.25, 0.3) is 0 Å². The van der Waals surface area contributed by atoms with Crippen LogP contribution in [0.5, 0.6) is 0 Å². The molecule has 4 rings (SSSR count). The Kier molecular flexibility index (Phi) is 9.04. The number of aryl methyl sites for hydroxylation is 1. The van der Waals surface area contributed by atoms with Crippen molar-refractivity contribution in [2.24, 2.45) is 13.0 Å². The summed E-state index contributed by atoms with van der Waals surface area (Å²) in [7, 11) is 3.62. The highest BCUT2D eigenvalue weighted by molar-refractivity contribution is 5.95. The van der Waals surface area contributed by atoms with Crippen LogP contribution in [0.1, 0.15) is 65.2 Å². The SMILES string of the molecule is CC(C)CN1CC(=O)N(C)C2CCc3c(c(nn3C)C(=O)NCCN(C(=O)c3ccccc3)CCCC1=O)C2. The Morgan fingerprint density at radius 2 is 1.79 bits per heavy atom. The second-order valence-electron chi connectivity index (χ2n) is 11.0. The predicted molar refractivity (Wildman–Crippen MR) is 147 cm³/mol. The number of carbonyl (C=O) groups excluding carboxylic acids is 4. The summed E-state index contributed by atoms with van der Waals surface area (Å²) in [5.74, 6) is -0.418. The first-order valence-corrected chi connectivity index (χ1v) is 13.9. The van der Waals surface area contributed by atoms with Gasteiger partial charge in [0.1, 0.15) is 0 Å². The molecule has 4 amide bonds. The standard InChI is InChI=1S/C29H40N6O4/c1-20(2)18-35-19-26(37)32(3)22-12-13-24-23(17-22)27(31-33(24)4)28(38)30-14-16-34(15-8-11-25(35)36)29(39)21-9-6-5-7-10-21/h5-7,9-10,20,22H,8,11-19H2,1-4H3,(H,30,38). The number of likely N-dealkylation sites (N-methyl/N-ethyl adjacent to an activating group) is 1. The van der Waals surface area contributed by atoms with E-state index in [1.54, 1.807) is 38.6 Å². The molecular weight excluding hydrogens is 496 g/mol. The van der Waals surface area contributed by atoms with E-state index in [2.05, 4.69) is 10.4 Å². The van der Waals surface area contributed by atoms with Crippen molar-refractivity contribution < 1.29 is 19.2 Å². The molecule has 210 valence electrons. The van der Waals surface area contributed by atoms with Crippen LogP contribution < -0.4 is 5.32 Å². The summed E-state index contributed by atoms with van der Waals surface area (Å²) in [4.78, 5) is 58.1. The van der Waals surface area contributed by atoms with Crippen LogP contribution in [0.4, 0.5) is 0 Å². The smallest absolute Gasteiger partial charge is 0.272 e. The molecule has 1 aliphatic carbocycles. The quantitative estimate of drug-likeness (QED) is 0.645. The Morgan fingerprint density at radius 3 is 2.51 bits per heavy atom. The van der Waals surface area contributed by atoms with Crippen LogP contribution in [0.15, 0.2) is 30.3 Å². The average Bonchev–Trinajstić information content (AvgIpc) is 3.26. The molecule has 2 bridgehead atoms. The van der Waals surface area contributed by atoms with Crippen molar-refractivity contribution >= 4 is 23.6 Å². The lowest BCUT2D eigenvalue weighted by molar-refractivity contribution is -0.141. The summed E-state index contributed by atoms with van der Waals surface area (Å²) in [6.45, 7) is 5.50. The van der Waals surface area contributed by atoms with E-state index in [4.69, 9.17) is 0 Å². The van der Waals surface area contributed by atoms with E-state index >= 15 is 0 Å². The van der Waals surface area contributed by atoms with Crippen molar-refractivity contribution in [3.63, 3.8) is 0 Å². The number of nitrogens with zero attached hydrogens (tertiary/aromatic N) is 5. The van der Waals surface area contributed by atoms with Crippen LogP contribution in [-0.2, 0) is 29.5 Å². The maximum absolute atomic E-state index is 13.3. The molecule has 0 fully saturated rings. The maximum atomic E-state index is 13.3. The molecule has 0 radical (unpaired) electrons. The van der Waals surface area contributed by atoms with Crippen molar-refractivity contribution in [3.8, 4) is 0 Å². The molecule has 2 aromatic rings. The lowest BCUT2D eigenvalue weighted by Crippen LogP contribution is -2.47. The molecule has 2 aliphatic rings. The first-order valence-electron chi connectivity index (χ1n) is 13.9. The lowest BCUT2D eigenvalue weighted by Gasteiger charge is -2.34. The first kappa shape index (κ1) is 28.3. The number of benzene rings is 1. The Balaban J connectivity index is 1.62. The Morgan fingerprint density at radius 1 is 1.05 bits per heavy atom. The van der Waals surface area contributed by atoms with Crippen LogP contribution in [0, 0.1) is 5.92 Å². The van der Waals surface area contributed by atoms with Gasteiger partial charge in [-0.05, 0) is 43.7 Å². The topological polar surface area (TPSA) is 108 Å². The zero-order chi connectivity index (χ0) is 28.1. The van der Waals surface area contributed by atoms with Crippen molar-refractivity contribution in [2.75, 3.05) is 39.8 Å². The molecule has 0 spiro atoms. The van der Waals surface area contributed by atoms with Gasteiger partial charge >= 0.3 is 0 Å². The van der Waals surface area contributed by atoms with Gasteiger partial charge < -0.3 is 20.0 Å². The summed E-state index contributed by atoms with van der Waals surface area (Å²) in [6, 6.07) is 8.93.